The van der Waals surface area contributed by atoms with Crippen molar-refractivity contribution in [1.29, 1.82) is 0 Å². The van der Waals surface area contributed by atoms with Crippen LogP contribution in [0.3, 0.4) is 0 Å². The predicted molar refractivity (Wildman–Crippen MR) is 94.6 cm³/mol. The molecule has 118 valence electrons. The highest BCUT2D eigenvalue weighted by molar-refractivity contribution is 6.30. The summed E-state index contributed by atoms with van der Waals surface area (Å²) in [7, 11) is 3.72. The van der Waals surface area contributed by atoms with Crippen LogP contribution >= 0.6 is 11.6 Å². The van der Waals surface area contributed by atoms with Crippen molar-refractivity contribution in [2.75, 3.05) is 14.2 Å². The van der Waals surface area contributed by atoms with Crippen molar-refractivity contribution >= 4 is 22.5 Å². The summed E-state index contributed by atoms with van der Waals surface area (Å²) in [6.07, 6.45) is 3.17. The first kappa shape index (κ1) is 14.6. The lowest BCUT2D eigenvalue weighted by Gasteiger charge is -2.12. The molecule has 0 aliphatic heterocycles. The van der Waals surface area contributed by atoms with E-state index in [1.165, 1.54) is 22.1 Å². The Morgan fingerprint density at radius 2 is 2.00 bits per heavy atom. The molecule has 0 saturated heterocycles. The second-order valence-electron chi connectivity index (χ2n) is 6.06. The van der Waals surface area contributed by atoms with E-state index in [1.54, 1.807) is 7.11 Å². The molecule has 0 fully saturated rings. The first-order valence-corrected chi connectivity index (χ1v) is 8.20. The quantitative estimate of drug-likeness (QED) is 0.736. The molecule has 1 aliphatic rings. The lowest BCUT2D eigenvalue weighted by Crippen LogP contribution is -2.13. The van der Waals surface area contributed by atoms with Gasteiger partial charge in [0.15, 0.2) is 0 Å². The Hall–Kier alpha value is -1.97. The molecule has 2 aromatic carbocycles. The number of aromatic nitrogens is 1. The maximum absolute atomic E-state index is 6.20. The lowest BCUT2D eigenvalue weighted by atomic mass is 9.92. The molecular formula is C19H19ClN2O. The van der Waals surface area contributed by atoms with Crippen molar-refractivity contribution < 1.29 is 4.74 Å². The van der Waals surface area contributed by atoms with Crippen molar-refractivity contribution in [2.24, 2.45) is 0 Å². The topological polar surface area (TPSA) is 37.0 Å². The highest BCUT2D eigenvalue weighted by atomic mass is 35.5. The van der Waals surface area contributed by atoms with Gasteiger partial charge in [0, 0.05) is 34.1 Å². The molecule has 0 saturated carbocycles. The molecule has 2 N–H and O–H groups in total. The molecule has 4 heteroatoms. The monoisotopic (exact) mass is 326 g/mol. The highest BCUT2D eigenvalue weighted by Crippen LogP contribution is 2.46. The fourth-order valence-electron chi connectivity index (χ4n) is 3.76. The molecule has 4 rings (SSSR count). The van der Waals surface area contributed by atoms with Gasteiger partial charge in [-0.3, -0.25) is 0 Å². The van der Waals surface area contributed by atoms with Gasteiger partial charge in [-0.25, -0.2) is 0 Å². The van der Waals surface area contributed by atoms with Gasteiger partial charge in [0.1, 0.15) is 5.75 Å². The fourth-order valence-corrected chi connectivity index (χ4v) is 3.94. The van der Waals surface area contributed by atoms with Gasteiger partial charge in [0.2, 0.25) is 0 Å². The number of nitrogens with one attached hydrogen (secondary N) is 2. The van der Waals surface area contributed by atoms with Gasteiger partial charge >= 0.3 is 0 Å². The van der Waals surface area contributed by atoms with E-state index in [-0.39, 0.29) is 0 Å². The lowest BCUT2D eigenvalue weighted by molar-refractivity contribution is 0.415. The summed E-state index contributed by atoms with van der Waals surface area (Å²) in [5.74, 6) is 1.25. The molecular weight excluding hydrogens is 308 g/mol. The number of fused-ring (bicyclic) bond motifs is 2. The van der Waals surface area contributed by atoms with E-state index in [1.807, 2.05) is 19.2 Å². The van der Waals surface area contributed by atoms with Crippen molar-refractivity contribution in [3.8, 4) is 5.75 Å². The molecule has 0 spiro atoms. The number of hydrogen-bond donors (Lipinski definition) is 2. The number of benzene rings is 2. The molecule has 0 amide bonds. The Bertz CT molecular complexity index is 871. The average molecular weight is 327 g/mol. The van der Waals surface area contributed by atoms with Crippen LogP contribution in [0.15, 0.2) is 42.6 Å². The van der Waals surface area contributed by atoms with Gasteiger partial charge in [0.05, 0.1) is 7.11 Å². The summed E-state index contributed by atoms with van der Waals surface area (Å²) < 4.78 is 5.39. The third kappa shape index (κ3) is 2.32. The van der Waals surface area contributed by atoms with Crippen LogP contribution in [0, 0.1) is 0 Å². The molecule has 2 atom stereocenters. The first-order valence-electron chi connectivity index (χ1n) is 7.83. The number of hydrogen-bond acceptors (Lipinski definition) is 2. The Labute approximate surface area is 140 Å². The Kier molecular flexibility index (Phi) is 3.55. The van der Waals surface area contributed by atoms with E-state index < -0.39 is 0 Å². The number of rotatable bonds is 3. The maximum atomic E-state index is 6.20. The molecule has 1 aromatic heterocycles. The third-order valence-electron chi connectivity index (χ3n) is 4.92. The second kappa shape index (κ2) is 5.59. The van der Waals surface area contributed by atoms with Crippen molar-refractivity contribution in [2.45, 2.75) is 18.4 Å². The summed E-state index contributed by atoms with van der Waals surface area (Å²) in [6, 6.07) is 12.8. The van der Waals surface area contributed by atoms with Gasteiger partial charge in [-0.1, -0.05) is 17.7 Å². The SMILES string of the molecule is CNC1CC(c2c[nH]c3ccc(OC)cc23)c2ccc(Cl)cc21. The zero-order valence-corrected chi connectivity index (χ0v) is 13.9. The summed E-state index contributed by atoms with van der Waals surface area (Å²) in [4.78, 5) is 3.39. The number of aromatic amines is 1. The molecule has 0 radical (unpaired) electrons. The summed E-state index contributed by atoms with van der Waals surface area (Å²) in [6.45, 7) is 0. The number of H-pyrrole nitrogens is 1. The molecule has 3 aromatic rings. The maximum Gasteiger partial charge on any atom is 0.119 e. The van der Waals surface area contributed by atoms with Crippen LogP contribution in [0.1, 0.15) is 35.1 Å². The highest BCUT2D eigenvalue weighted by Gasteiger charge is 2.32. The predicted octanol–water partition coefficient (Wildman–Crippen LogP) is 4.63. The van der Waals surface area contributed by atoms with Gasteiger partial charge < -0.3 is 15.0 Å². The van der Waals surface area contributed by atoms with Crippen LogP contribution in [0.2, 0.25) is 5.02 Å². The zero-order valence-electron chi connectivity index (χ0n) is 13.2. The number of methoxy groups -OCH3 is 1. The minimum Gasteiger partial charge on any atom is -0.497 e. The van der Waals surface area contributed by atoms with Crippen LogP contribution in [0.25, 0.3) is 10.9 Å². The van der Waals surface area contributed by atoms with Gasteiger partial charge in [-0.05, 0) is 60.5 Å². The normalized spacial score (nSPS) is 20.0. The van der Waals surface area contributed by atoms with E-state index in [9.17, 15) is 0 Å². The van der Waals surface area contributed by atoms with Crippen molar-refractivity contribution in [3.63, 3.8) is 0 Å². The number of halogens is 1. The van der Waals surface area contributed by atoms with Crippen molar-refractivity contribution in [1.82, 2.24) is 10.3 Å². The summed E-state index contributed by atoms with van der Waals surface area (Å²) >= 11 is 6.20. The minimum atomic E-state index is 0.337. The van der Waals surface area contributed by atoms with Gasteiger partial charge in [-0.2, -0.15) is 0 Å². The summed E-state index contributed by atoms with van der Waals surface area (Å²) in [5.41, 5.74) is 5.13. The molecule has 0 bridgehead atoms. The molecule has 3 nitrogen and oxygen atoms in total. The minimum absolute atomic E-state index is 0.337. The van der Waals surface area contributed by atoms with Crippen LogP contribution in [0.5, 0.6) is 5.75 Å². The standard InChI is InChI=1S/C19H19ClN2O/c1-21-19-9-14(13-5-3-11(20)7-15(13)19)17-10-22-18-6-4-12(23-2)8-16(17)18/h3-8,10,14,19,21-22H,9H2,1-2H3. The van der Waals surface area contributed by atoms with E-state index in [2.05, 4.69) is 40.8 Å². The van der Waals surface area contributed by atoms with E-state index in [0.29, 0.717) is 12.0 Å². The Balaban J connectivity index is 1.86. The Morgan fingerprint density at radius 1 is 1.13 bits per heavy atom. The zero-order chi connectivity index (χ0) is 16.0. The third-order valence-corrected chi connectivity index (χ3v) is 5.15. The molecule has 2 unspecified atom stereocenters. The fraction of sp³-hybridized carbons (Fsp3) is 0.263. The smallest absolute Gasteiger partial charge is 0.119 e. The van der Waals surface area contributed by atoms with E-state index >= 15 is 0 Å². The molecule has 1 heterocycles. The Morgan fingerprint density at radius 3 is 2.78 bits per heavy atom. The van der Waals surface area contributed by atoms with E-state index in [0.717, 1.165) is 22.7 Å². The average Bonchev–Trinajstić information content (AvgIpc) is 3.14. The van der Waals surface area contributed by atoms with Crippen LogP contribution < -0.4 is 10.1 Å². The van der Waals surface area contributed by atoms with Crippen LogP contribution in [0.4, 0.5) is 0 Å². The van der Waals surface area contributed by atoms with Gasteiger partial charge in [0.25, 0.3) is 0 Å². The van der Waals surface area contributed by atoms with Crippen molar-refractivity contribution in [3.05, 3.63) is 64.3 Å². The number of ether oxygens (including phenoxy) is 1. The van der Waals surface area contributed by atoms with Crippen LogP contribution in [-0.4, -0.2) is 19.1 Å². The van der Waals surface area contributed by atoms with Gasteiger partial charge in [-0.15, -0.1) is 0 Å². The first-order chi connectivity index (χ1) is 11.2. The van der Waals surface area contributed by atoms with E-state index in [4.69, 9.17) is 16.3 Å². The summed E-state index contributed by atoms with van der Waals surface area (Å²) in [5, 5.41) is 5.44. The molecule has 23 heavy (non-hydrogen) atoms. The molecule has 1 aliphatic carbocycles. The largest absolute Gasteiger partial charge is 0.497 e. The second-order valence-corrected chi connectivity index (χ2v) is 6.49. The van der Waals surface area contributed by atoms with Crippen LogP contribution in [-0.2, 0) is 0 Å².